The van der Waals surface area contributed by atoms with E-state index in [9.17, 15) is 13.2 Å². The van der Waals surface area contributed by atoms with Crippen molar-refractivity contribution in [2.45, 2.75) is 25.3 Å². The van der Waals surface area contributed by atoms with Gasteiger partial charge in [0.2, 0.25) is 15.9 Å². The molecule has 0 radical (unpaired) electrons. The maximum atomic E-state index is 13.3. The first-order valence-corrected chi connectivity index (χ1v) is 11.3. The van der Waals surface area contributed by atoms with Crippen LogP contribution in [0.2, 0.25) is 0 Å². The smallest absolute Gasteiger partial charge is 0.243 e. The van der Waals surface area contributed by atoms with Gasteiger partial charge in [0.05, 0.1) is 18.6 Å². The monoisotopic (exact) mass is 438 g/mol. The summed E-state index contributed by atoms with van der Waals surface area (Å²) in [6.07, 6.45) is 0. The Hall–Kier alpha value is -3.16. The van der Waals surface area contributed by atoms with Crippen LogP contribution in [-0.4, -0.2) is 32.3 Å². The van der Waals surface area contributed by atoms with E-state index in [1.54, 1.807) is 55.6 Å². The Labute approximate surface area is 183 Å². The Morgan fingerprint density at radius 3 is 2.32 bits per heavy atom. The van der Waals surface area contributed by atoms with Crippen molar-refractivity contribution in [2.24, 2.45) is 0 Å². The van der Waals surface area contributed by atoms with E-state index in [1.807, 2.05) is 38.1 Å². The SMILES string of the molecule is COc1cccc(NC(=O)CN(Cc2cccc(C)c2)S(=O)(=O)c2ccc(C)cc2)c1. The minimum Gasteiger partial charge on any atom is -0.497 e. The van der Waals surface area contributed by atoms with Crippen LogP contribution in [0.25, 0.3) is 0 Å². The number of nitrogens with one attached hydrogen (secondary N) is 1. The molecule has 0 saturated carbocycles. The number of ether oxygens (including phenoxy) is 1. The zero-order valence-electron chi connectivity index (χ0n) is 17.8. The molecular formula is C24H26N2O4S. The molecule has 0 unspecified atom stereocenters. The van der Waals surface area contributed by atoms with E-state index < -0.39 is 15.9 Å². The van der Waals surface area contributed by atoms with Crippen molar-refractivity contribution in [3.8, 4) is 5.75 Å². The highest BCUT2D eigenvalue weighted by Gasteiger charge is 2.27. The molecule has 0 bridgehead atoms. The largest absolute Gasteiger partial charge is 0.497 e. The van der Waals surface area contributed by atoms with E-state index in [1.165, 1.54) is 4.31 Å². The lowest BCUT2D eigenvalue weighted by Crippen LogP contribution is -2.37. The fraction of sp³-hybridized carbons (Fsp3) is 0.208. The van der Waals surface area contributed by atoms with Gasteiger partial charge in [-0.1, -0.05) is 53.6 Å². The number of sulfonamides is 1. The summed E-state index contributed by atoms with van der Waals surface area (Å²) in [5.41, 5.74) is 3.32. The number of anilines is 1. The van der Waals surface area contributed by atoms with Crippen LogP contribution in [0.5, 0.6) is 5.75 Å². The van der Waals surface area contributed by atoms with E-state index in [0.29, 0.717) is 11.4 Å². The molecular weight excluding hydrogens is 412 g/mol. The number of nitrogens with zero attached hydrogens (tertiary/aromatic N) is 1. The number of methoxy groups -OCH3 is 1. The van der Waals surface area contributed by atoms with Crippen molar-refractivity contribution < 1.29 is 17.9 Å². The number of rotatable bonds is 8. The third kappa shape index (κ3) is 5.93. The van der Waals surface area contributed by atoms with Crippen molar-refractivity contribution in [1.82, 2.24) is 4.31 Å². The molecule has 3 rings (SSSR count). The van der Waals surface area contributed by atoms with Crippen LogP contribution in [0.3, 0.4) is 0 Å². The van der Waals surface area contributed by atoms with Crippen molar-refractivity contribution in [2.75, 3.05) is 19.0 Å². The quantitative estimate of drug-likeness (QED) is 0.574. The molecule has 0 atom stereocenters. The summed E-state index contributed by atoms with van der Waals surface area (Å²) in [5, 5.41) is 2.75. The van der Waals surface area contributed by atoms with Gasteiger partial charge >= 0.3 is 0 Å². The number of carbonyl (C=O) groups is 1. The van der Waals surface area contributed by atoms with Gasteiger partial charge in [-0.15, -0.1) is 0 Å². The molecule has 3 aromatic rings. The molecule has 6 nitrogen and oxygen atoms in total. The molecule has 31 heavy (non-hydrogen) atoms. The second-order valence-electron chi connectivity index (χ2n) is 7.36. The van der Waals surface area contributed by atoms with Crippen LogP contribution in [0.1, 0.15) is 16.7 Å². The summed E-state index contributed by atoms with van der Waals surface area (Å²) in [7, 11) is -2.34. The topological polar surface area (TPSA) is 75.7 Å². The zero-order chi connectivity index (χ0) is 22.4. The fourth-order valence-electron chi connectivity index (χ4n) is 3.16. The van der Waals surface area contributed by atoms with Crippen molar-refractivity contribution in [3.05, 3.63) is 89.5 Å². The van der Waals surface area contributed by atoms with Gasteiger partial charge in [-0.3, -0.25) is 4.79 Å². The van der Waals surface area contributed by atoms with Crippen LogP contribution in [-0.2, 0) is 21.4 Å². The average molecular weight is 439 g/mol. The Morgan fingerprint density at radius 2 is 1.65 bits per heavy atom. The zero-order valence-corrected chi connectivity index (χ0v) is 18.6. The number of aryl methyl sites for hydroxylation is 2. The Bertz CT molecular complexity index is 1160. The Kier molecular flexibility index (Phi) is 7.09. The number of amides is 1. The number of benzene rings is 3. The van der Waals surface area contributed by atoms with E-state index in [4.69, 9.17) is 4.74 Å². The molecule has 1 amide bonds. The van der Waals surface area contributed by atoms with Gasteiger partial charge in [-0.2, -0.15) is 4.31 Å². The summed E-state index contributed by atoms with van der Waals surface area (Å²) in [6, 6.07) is 21.1. The van der Waals surface area contributed by atoms with E-state index in [2.05, 4.69) is 5.32 Å². The van der Waals surface area contributed by atoms with Gasteiger partial charge in [-0.25, -0.2) is 8.42 Å². The molecule has 162 valence electrons. The number of hydrogen-bond donors (Lipinski definition) is 1. The van der Waals surface area contributed by atoms with Gasteiger partial charge < -0.3 is 10.1 Å². The summed E-state index contributed by atoms with van der Waals surface area (Å²) < 4.78 is 33.1. The number of hydrogen-bond acceptors (Lipinski definition) is 4. The third-order valence-electron chi connectivity index (χ3n) is 4.77. The summed E-state index contributed by atoms with van der Waals surface area (Å²) >= 11 is 0. The van der Waals surface area contributed by atoms with Gasteiger partial charge in [-0.05, 0) is 43.7 Å². The lowest BCUT2D eigenvalue weighted by Gasteiger charge is -2.22. The predicted octanol–water partition coefficient (Wildman–Crippen LogP) is 4.14. The normalized spacial score (nSPS) is 11.4. The molecule has 0 aliphatic rings. The molecule has 0 fully saturated rings. The average Bonchev–Trinajstić information content (AvgIpc) is 2.73. The maximum absolute atomic E-state index is 13.3. The van der Waals surface area contributed by atoms with Gasteiger partial charge in [0.15, 0.2) is 0 Å². The highest BCUT2D eigenvalue weighted by Crippen LogP contribution is 2.21. The first-order chi connectivity index (χ1) is 14.8. The van der Waals surface area contributed by atoms with Crippen molar-refractivity contribution >= 4 is 21.6 Å². The molecule has 0 saturated heterocycles. The highest BCUT2D eigenvalue weighted by atomic mass is 32.2. The summed E-state index contributed by atoms with van der Waals surface area (Å²) in [4.78, 5) is 12.9. The minimum atomic E-state index is -3.88. The second kappa shape index (κ2) is 9.76. The molecule has 0 spiro atoms. The minimum absolute atomic E-state index is 0.0867. The fourth-order valence-corrected chi connectivity index (χ4v) is 4.55. The first-order valence-electron chi connectivity index (χ1n) is 9.84. The van der Waals surface area contributed by atoms with Crippen molar-refractivity contribution in [3.63, 3.8) is 0 Å². The number of carbonyl (C=O) groups excluding carboxylic acids is 1. The lowest BCUT2D eigenvalue weighted by atomic mass is 10.1. The molecule has 0 heterocycles. The third-order valence-corrected chi connectivity index (χ3v) is 6.58. The van der Waals surface area contributed by atoms with Gasteiger partial charge in [0, 0.05) is 18.3 Å². The Morgan fingerprint density at radius 1 is 0.935 bits per heavy atom. The highest BCUT2D eigenvalue weighted by molar-refractivity contribution is 7.89. The molecule has 7 heteroatoms. The summed E-state index contributed by atoms with van der Waals surface area (Å²) in [5.74, 6) is 0.165. The van der Waals surface area contributed by atoms with Crippen molar-refractivity contribution in [1.29, 1.82) is 0 Å². The van der Waals surface area contributed by atoms with Crippen LogP contribution in [0.15, 0.2) is 77.7 Å². The molecule has 3 aromatic carbocycles. The van der Waals surface area contributed by atoms with Gasteiger partial charge in [0.1, 0.15) is 5.75 Å². The van der Waals surface area contributed by atoms with Crippen LogP contribution >= 0.6 is 0 Å². The lowest BCUT2D eigenvalue weighted by molar-refractivity contribution is -0.116. The van der Waals surface area contributed by atoms with E-state index >= 15 is 0 Å². The Balaban J connectivity index is 1.87. The maximum Gasteiger partial charge on any atom is 0.243 e. The molecule has 0 aliphatic heterocycles. The predicted molar refractivity (Wildman–Crippen MR) is 122 cm³/mol. The molecule has 0 aliphatic carbocycles. The van der Waals surface area contributed by atoms with Gasteiger partial charge in [0.25, 0.3) is 0 Å². The summed E-state index contributed by atoms with van der Waals surface area (Å²) in [6.45, 7) is 3.60. The second-order valence-corrected chi connectivity index (χ2v) is 9.29. The van der Waals surface area contributed by atoms with E-state index in [0.717, 1.165) is 16.7 Å². The van der Waals surface area contributed by atoms with Crippen LogP contribution < -0.4 is 10.1 Å². The van der Waals surface area contributed by atoms with Crippen LogP contribution in [0.4, 0.5) is 5.69 Å². The van der Waals surface area contributed by atoms with E-state index in [-0.39, 0.29) is 18.0 Å². The molecule has 1 N–H and O–H groups in total. The first kappa shape index (κ1) is 22.5. The van der Waals surface area contributed by atoms with Crippen LogP contribution in [0, 0.1) is 13.8 Å². The standard InChI is InChI=1S/C24H26N2O4S/c1-18-10-12-23(13-11-18)31(28,29)26(16-20-7-4-6-19(2)14-20)17-24(27)25-21-8-5-9-22(15-21)30-3/h4-15H,16-17H2,1-3H3,(H,25,27). The molecule has 0 aromatic heterocycles.